The molecule has 0 spiro atoms. The zero-order valence-corrected chi connectivity index (χ0v) is 12.9. The van der Waals surface area contributed by atoms with Crippen molar-refractivity contribution >= 4 is 6.09 Å². The van der Waals surface area contributed by atoms with Gasteiger partial charge in [0.05, 0.1) is 13.1 Å². The van der Waals surface area contributed by atoms with Gasteiger partial charge in [0.2, 0.25) is 0 Å². The van der Waals surface area contributed by atoms with Crippen LogP contribution < -0.4 is 5.73 Å². The van der Waals surface area contributed by atoms with Gasteiger partial charge in [-0.15, -0.1) is 0 Å². The van der Waals surface area contributed by atoms with Gasteiger partial charge < -0.3 is 20.5 Å². The summed E-state index contributed by atoms with van der Waals surface area (Å²) in [7, 11) is 0. The summed E-state index contributed by atoms with van der Waals surface area (Å²) in [6.45, 7) is 6.10. The van der Waals surface area contributed by atoms with Crippen LogP contribution in [0, 0.1) is 0 Å². The first-order valence-electron chi connectivity index (χ1n) is 7.64. The van der Waals surface area contributed by atoms with Gasteiger partial charge in [0.15, 0.2) is 0 Å². The van der Waals surface area contributed by atoms with Gasteiger partial charge in [0.1, 0.15) is 11.2 Å². The minimum atomic E-state index is -0.950. The Bertz CT molecular complexity index is 362. The monoisotopic (exact) mass is 284 g/mol. The van der Waals surface area contributed by atoms with Crippen LogP contribution in [0.3, 0.4) is 0 Å². The molecule has 116 valence electrons. The van der Waals surface area contributed by atoms with Crippen molar-refractivity contribution in [2.24, 2.45) is 5.73 Å². The van der Waals surface area contributed by atoms with Gasteiger partial charge in [-0.3, -0.25) is 0 Å². The molecule has 1 aliphatic heterocycles. The zero-order valence-electron chi connectivity index (χ0n) is 12.9. The highest BCUT2D eigenvalue weighted by atomic mass is 16.6. The van der Waals surface area contributed by atoms with E-state index in [0.29, 0.717) is 13.1 Å². The highest BCUT2D eigenvalue weighted by molar-refractivity contribution is 5.70. The number of amides is 1. The Morgan fingerprint density at radius 1 is 1.15 bits per heavy atom. The first-order valence-corrected chi connectivity index (χ1v) is 7.64. The van der Waals surface area contributed by atoms with Crippen LogP contribution in [-0.4, -0.2) is 45.9 Å². The Kier molecular flexibility index (Phi) is 4.04. The summed E-state index contributed by atoms with van der Waals surface area (Å²) in [4.78, 5) is 13.5. The summed E-state index contributed by atoms with van der Waals surface area (Å²) in [5.41, 5.74) is 4.45. The van der Waals surface area contributed by atoms with E-state index in [4.69, 9.17) is 10.5 Å². The lowest BCUT2D eigenvalue weighted by Crippen LogP contribution is -2.76. The summed E-state index contributed by atoms with van der Waals surface area (Å²) in [6, 6.07) is 0. The van der Waals surface area contributed by atoms with E-state index < -0.39 is 16.7 Å². The molecule has 5 heteroatoms. The lowest BCUT2D eigenvalue weighted by Gasteiger charge is -2.55. The highest BCUT2D eigenvalue weighted by Crippen LogP contribution is 2.39. The molecule has 5 nitrogen and oxygen atoms in total. The first-order chi connectivity index (χ1) is 9.15. The molecule has 0 aromatic rings. The number of carbonyl (C=O) groups excluding carboxylic acids is 1. The Morgan fingerprint density at radius 3 is 2.10 bits per heavy atom. The summed E-state index contributed by atoms with van der Waals surface area (Å²) in [5, 5.41) is 10.8. The number of rotatable bonds is 1. The topological polar surface area (TPSA) is 75.8 Å². The first kappa shape index (κ1) is 15.6. The highest BCUT2D eigenvalue weighted by Gasteiger charge is 2.56. The smallest absolute Gasteiger partial charge is 0.410 e. The number of likely N-dealkylation sites (tertiary alicyclic amines) is 1. The van der Waals surface area contributed by atoms with Crippen LogP contribution in [0.1, 0.15) is 59.3 Å². The van der Waals surface area contributed by atoms with Crippen molar-refractivity contribution in [3.8, 4) is 0 Å². The fourth-order valence-corrected chi connectivity index (χ4v) is 3.18. The summed E-state index contributed by atoms with van der Waals surface area (Å²) in [5.74, 6) is 0. The van der Waals surface area contributed by atoms with E-state index >= 15 is 0 Å². The van der Waals surface area contributed by atoms with Crippen LogP contribution in [0.4, 0.5) is 4.79 Å². The van der Waals surface area contributed by atoms with Crippen LogP contribution >= 0.6 is 0 Å². The Balaban J connectivity index is 1.94. The maximum Gasteiger partial charge on any atom is 0.410 e. The van der Waals surface area contributed by atoms with Crippen molar-refractivity contribution in [1.29, 1.82) is 0 Å². The maximum atomic E-state index is 11.9. The Morgan fingerprint density at radius 2 is 1.65 bits per heavy atom. The largest absolute Gasteiger partial charge is 0.444 e. The van der Waals surface area contributed by atoms with Crippen LogP contribution in [0.15, 0.2) is 0 Å². The van der Waals surface area contributed by atoms with E-state index in [1.165, 1.54) is 12.8 Å². The van der Waals surface area contributed by atoms with Crippen LogP contribution in [0.25, 0.3) is 0 Å². The van der Waals surface area contributed by atoms with E-state index in [1.807, 2.05) is 20.8 Å². The van der Waals surface area contributed by atoms with Crippen LogP contribution in [-0.2, 0) is 4.74 Å². The Hall–Kier alpha value is -0.810. The molecule has 1 amide bonds. The molecule has 1 aliphatic carbocycles. The molecule has 0 radical (unpaired) electrons. The van der Waals surface area contributed by atoms with Gasteiger partial charge in [-0.25, -0.2) is 4.79 Å². The standard InChI is InChI=1S/C15H28N2O3/c1-13(2,3)20-12(18)17-10-15(19,11-17)14(16)8-6-4-5-7-9-14/h19H,4-11,16H2,1-3H3. The van der Waals surface area contributed by atoms with Gasteiger partial charge in [0.25, 0.3) is 0 Å². The Labute approximate surface area is 121 Å². The minimum Gasteiger partial charge on any atom is -0.444 e. The predicted molar refractivity (Wildman–Crippen MR) is 77.4 cm³/mol. The number of aliphatic hydroxyl groups is 1. The van der Waals surface area contributed by atoms with Gasteiger partial charge in [0, 0.05) is 5.54 Å². The van der Waals surface area contributed by atoms with Crippen molar-refractivity contribution in [3.05, 3.63) is 0 Å². The fraction of sp³-hybridized carbons (Fsp3) is 0.933. The molecule has 0 aromatic heterocycles. The van der Waals surface area contributed by atoms with E-state index in [9.17, 15) is 9.90 Å². The van der Waals surface area contributed by atoms with E-state index in [1.54, 1.807) is 4.90 Å². The predicted octanol–water partition coefficient (Wildman–Crippen LogP) is 2.02. The number of nitrogens with zero attached hydrogens (tertiary/aromatic N) is 1. The lowest BCUT2D eigenvalue weighted by atomic mass is 9.70. The van der Waals surface area contributed by atoms with Crippen molar-refractivity contribution in [1.82, 2.24) is 4.90 Å². The molecular formula is C15H28N2O3. The third-order valence-corrected chi connectivity index (χ3v) is 4.48. The number of ether oxygens (including phenoxy) is 1. The van der Waals surface area contributed by atoms with E-state index in [-0.39, 0.29) is 6.09 Å². The minimum absolute atomic E-state index is 0.290. The third kappa shape index (κ3) is 3.09. The number of carbonyl (C=O) groups is 1. The third-order valence-electron chi connectivity index (χ3n) is 4.48. The molecule has 2 fully saturated rings. The number of nitrogens with two attached hydrogens (primary N) is 1. The normalized spacial score (nSPS) is 25.6. The van der Waals surface area contributed by atoms with Gasteiger partial charge >= 0.3 is 6.09 Å². The lowest BCUT2D eigenvalue weighted by molar-refractivity contribution is -0.144. The average Bonchev–Trinajstić information content (AvgIpc) is 2.48. The van der Waals surface area contributed by atoms with Gasteiger partial charge in [-0.05, 0) is 33.6 Å². The number of β-amino-alcohol motifs (C(OH)–C–C–N with tert-alkyl or cyclic N) is 1. The molecule has 20 heavy (non-hydrogen) atoms. The molecule has 1 saturated heterocycles. The van der Waals surface area contributed by atoms with E-state index in [2.05, 4.69) is 0 Å². The second-order valence-electron chi connectivity index (χ2n) is 7.44. The molecule has 0 bridgehead atoms. The summed E-state index contributed by atoms with van der Waals surface area (Å²) < 4.78 is 5.31. The SMILES string of the molecule is CC(C)(C)OC(=O)N1CC(O)(C2(N)CCCCCC2)C1. The maximum absolute atomic E-state index is 11.9. The second kappa shape index (κ2) is 5.19. The number of hydrogen-bond donors (Lipinski definition) is 2. The van der Waals surface area contributed by atoms with Crippen LogP contribution in [0.5, 0.6) is 0 Å². The molecule has 0 aromatic carbocycles. The van der Waals surface area contributed by atoms with Crippen molar-refractivity contribution in [3.63, 3.8) is 0 Å². The molecule has 1 saturated carbocycles. The summed E-state index contributed by atoms with van der Waals surface area (Å²) >= 11 is 0. The zero-order chi connectivity index (χ0) is 15.0. The molecule has 1 heterocycles. The molecule has 2 aliphatic rings. The van der Waals surface area contributed by atoms with Gasteiger partial charge in [-0.2, -0.15) is 0 Å². The molecule has 2 rings (SSSR count). The van der Waals surface area contributed by atoms with Crippen molar-refractivity contribution in [2.75, 3.05) is 13.1 Å². The van der Waals surface area contributed by atoms with Crippen LogP contribution in [0.2, 0.25) is 0 Å². The molecule has 0 unspecified atom stereocenters. The van der Waals surface area contributed by atoms with Crippen molar-refractivity contribution in [2.45, 2.75) is 76.0 Å². The van der Waals surface area contributed by atoms with Gasteiger partial charge in [-0.1, -0.05) is 25.7 Å². The molecule has 3 N–H and O–H groups in total. The molecular weight excluding hydrogens is 256 g/mol. The fourth-order valence-electron chi connectivity index (χ4n) is 3.18. The quantitative estimate of drug-likeness (QED) is 0.722. The second-order valence-corrected chi connectivity index (χ2v) is 7.44. The number of hydrogen-bond acceptors (Lipinski definition) is 4. The summed E-state index contributed by atoms with van der Waals surface area (Å²) in [6.07, 6.45) is 5.81. The van der Waals surface area contributed by atoms with E-state index in [0.717, 1.165) is 25.7 Å². The van der Waals surface area contributed by atoms with Crippen molar-refractivity contribution < 1.29 is 14.6 Å². The molecule has 0 atom stereocenters. The average molecular weight is 284 g/mol.